The third-order valence-corrected chi connectivity index (χ3v) is 3.44. The number of nitrogens with zero attached hydrogens (tertiary/aromatic N) is 2. The molecule has 1 aliphatic rings. The van der Waals surface area contributed by atoms with Crippen LogP contribution in [0.3, 0.4) is 0 Å². The van der Waals surface area contributed by atoms with E-state index in [1.54, 1.807) is 0 Å². The number of nitrogens with one attached hydrogen (secondary N) is 1. The minimum atomic E-state index is -0.297. The zero-order valence-corrected chi connectivity index (χ0v) is 10.5. The second-order valence-corrected chi connectivity index (χ2v) is 5.05. The number of hydrogen-bond donors (Lipinski definition) is 2. The van der Waals surface area contributed by atoms with Gasteiger partial charge in [-0.25, -0.2) is 0 Å². The Morgan fingerprint density at radius 1 is 1.44 bits per heavy atom. The SMILES string of the molecule is NC1(CC(=O)NCCc2ncon2)CCCCC1. The highest BCUT2D eigenvalue weighted by Gasteiger charge is 2.29. The van der Waals surface area contributed by atoms with Gasteiger partial charge in [-0.3, -0.25) is 4.79 Å². The molecule has 18 heavy (non-hydrogen) atoms. The highest BCUT2D eigenvalue weighted by molar-refractivity contribution is 5.77. The highest BCUT2D eigenvalue weighted by atomic mass is 16.5. The Hall–Kier alpha value is -1.43. The van der Waals surface area contributed by atoms with E-state index >= 15 is 0 Å². The molecule has 1 amide bonds. The molecule has 0 atom stereocenters. The van der Waals surface area contributed by atoms with Crippen LogP contribution in [0, 0.1) is 0 Å². The van der Waals surface area contributed by atoms with Crippen molar-refractivity contribution in [2.75, 3.05) is 6.54 Å². The van der Waals surface area contributed by atoms with Crippen LogP contribution in [0.4, 0.5) is 0 Å². The van der Waals surface area contributed by atoms with Crippen molar-refractivity contribution in [3.05, 3.63) is 12.2 Å². The standard InChI is InChI=1S/C12H20N4O2/c13-12(5-2-1-3-6-12)8-11(17)14-7-4-10-15-9-18-16-10/h9H,1-8,13H2,(H,14,17). The molecule has 1 aromatic heterocycles. The maximum Gasteiger partial charge on any atom is 0.221 e. The molecule has 1 fully saturated rings. The first kappa shape index (κ1) is 13.0. The van der Waals surface area contributed by atoms with Crippen molar-refractivity contribution in [1.82, 2.24) is 15.5 Å². The molecular formula is C12H20N4O2. The predicted molar refractivity (Wildman–Crippen MR) is 65.6 cm³/mol. The van der Waals surface area contributed by atoms with Gasteiger partial charge in [-0.05, 0) is 12.8 Å². The Bertz CT molecular complexity index is 371. The van der Waals surface area contributed by atoms with Crippen LogP contribution < -0.4 is 11.1 Å². The first-order chi connectivity index (χ1) is 8.68. The molecule has 0 spiro atoms. The van der Waals surface area contributed by atoms with Gasteiger partial charge in [-0.2, -0.15) is 4.98 Å². The minimum absolute atomic E-state index is 0.0166. The summed E-state index contributed by atoms with van der Waals surface area (Å²) in [6.45, 7) is 0.522. The summed E-state index contributed by atoms with van der Waals surface area (Å²) in [6.07, 6.45) is 7.68. The fourth-order valence-corrected chi connectivity index (χ4v) is 2.43. The number of hydrogen-bond acceptors (Lipinski definition) is 5. The second-order valence-electron chi connectivity index (χ2n) is 5.05. The van der Waals surface area contributed by atoms with E-state index in [9.17, 15) is 4.79 Å². The molecule has 1 aromatic rings. The van der Waals surface area contributed by atoms with Crippen LogP contribution in [-0.4, -0.2) is 28.1 Å². The zero-order chi connectivity index (χ0) is 12.8. The smallest absolute Gasteiger partial charge is 0.221 e. The Morgan fingerprint density at radius 2 is 2.22 bits per heavy atom. The number of aromatic nitrogens is 2. The van der Waals surface area contributed by atoms with E-state index in [4.69, 9.17) is 5.73 Å². The summed E-state index contributed by atoms with van der Waals surface area (Å²) < 4.78 is 4.62. The molecule has 2 rings (SSSR count). The van der Waals surface area contributed by atoms with Gasteiger partial charge in [0.25, 0.3) is 0 Å². The summed E-state index contributed by atoms with van der Waals surface area (Å²) in [5.74, 6) is 0.623. The zero-order valence-electron chi connectivity index (χ0n) is 10.5. The molecule has 6 nitrogen and oxygen atoms in total. The van der Waals surface area contributed by atoms with Crippen molar-refractivity contribution in [2.24, 2.45) is 5.73 Å². The van der Waals surface area contributed by atoms with Gasteiger partial charge in [-0.1, -0.05) is 24.4 Å². The molecule has 0 bridgehead atoms. The summed E-state index contributed by atoms with van der Waals surface area (Å²) in [4.78, 5) is 15.7. The molecule has 0 aliphatic heterocycles. The van der Waals surface area contributed by atoms with Crippen molar-refractivity contribution < 1.29 is 9.32 Å². The quantitative estimate of drug-likeness (QED) is 0.807. The summed E-state index contributed by atoms with van der Waals surface area (Å²) in [5.41, 5.74) is 5.93. The number of carbonyl (C=O) groups excluding carboxylic acids is 1. The Morgan fingerprint density at radius 3 is 2.89 bits per heavy atom. The number of nitrogens with two attached hydrogens (primary N) is 1. The van der Waals surface area contributed by atoms with E-state index in [2.05, 4.69) is 20.0 Å². The van der Waals surface area contributed by atoms with Gasteiger partial charge in [0.15, 0.2) is 5.82 Å². The normalized spacial score (nSPS) is 18.5. The molecule has 0 radical (unpaired) electrons. The number of rotatable bonds is 5. The molecule has 3 N–H and O–H groups in total. The average molecular weight is 252 g/mol. The minimum Gasteiger partial charge on any atom is -0.356 e. The summed E-state index contributed by atoms with van der Waals surface area (Å²) in [7, 11) is 0. The van der Waals surface area contributed by atoms with Gasteiger partial charge in [0, 0.05) is 24.9 Å². The van der Waals surface area contributed by atoms with Crippen LogP contribution >= 0.6 is 0 Å². The van der Waals surface area contributed by atoms with Crippen molar-refractivity contribution >= 4 is 5.91 Å². The van der Waals surface area contributed by atoms with Crippen molar-refractivity contribution in [3.8, 4) is 0 Å². The van der Waals surface area contributed by atoms with Crippen molar-refractivity contribution in [1.29, 1.82) is 0 Å². The van der Waals surface area contributed by atoms with Crippen molar-refractivity contribution in [3.63, 3.8) is 0 Å². The largest absolute Gasteiger partial charge is 0.356 e. The average Bonchev–Trinajstić information content (AvgIpc) is 2.82. The maximum atomic E-state index is 11.8. The van der Waals surface area contributed by atoms with E-state index in [1.807, 2.05) is 0 Å². The molecular weight excluding hydrogens is 232 g/mol. The third kappa shape index (κ3) is 3.80. The highest BCUT2D eigenvalue weighted by Crippen LogP contribution is 2.28. The van der Waals surface area contributed by atoms with Gasteiger partial charge in [-0.15, -0.1) is 0 Å². The lowest BCUT2D eigenvalue weighted by atomic mass is 9.80. The molecule has 0 saturated heterocycles. The van der Waals surface area contributed by atoms with Crippen LogP contribution in [0.15, 0.2) is 10.9 Å². The van der Waals surface area contributed by atoms with Gasteiger partial charge in [0.05, 0.1) is 0 Å². The lowest BCUT2D eigenvalue weighted by molar-refractivity contribution is -0.122. The topological polar surface area (TPSA) is 94.0 Å². The molecule has 100 valence electrons. The predicted octanol–water partition coefficient (Wildman–Crippen LogP) is 0.780. The Labute approximate surface area is 106 Å². The summed E-state index contributed by atoms with van der Waals surface area (Å²) in [5, 5.41) is 6.53. The van der Waals surface area contributed by atoms with Gasteiger partial charge < -0.3 is 15.6 Å². The van der Waals surface area contributed by atoms with Crippen molar-refractivity contribution in [2.45, 2.75) is 50.5 Å². The van der Waals surface area contributed by atoms with Gasteiger partial charge in [0.1, 0.15) is 0 Å². The van der Waals surface area contributed by atoms with Crippen LogP contribution in [0.5, 0.6) is 0 Å². The third-order valence-electron chi connectivity index (χ3n) is 3.44. The first-order valence-corrected chi connectivity index (χ1v) is 6.49. The summed E-state index contributed by atoms with van der Waals surface area (Å²) >= 11 is 0. The molecule has 1 aliphatic carbocycles. The first-order valence-electron chi connectivity index (χ1n) is 6.49. The van der Waals surface area contributed by atoms with E-state index in [0.717, 1.165) is 25.7 Å². The summed E-state index contributed by atoms with van der Waals surface area (Å²) in [6, 6.07) is 0. The lowest BCUT2D eigenvalue weighted by Gasteiger charge is -2.32. The maximum absolute atomic E-state index is 11.8. The molecule has 0 unspecified atom stereocenters. The monoisotopic (exact) mass is 252 g/mol. The molecule has 1 saturated carbocycles. The Balaban J connectivity index is 1.68. The number of carbonyl (C=O) groups is 1. The van der Waals surface area contributed by atoms with E-state index in [1.165, 1.54) is 12.8 Å². The molecule has 6 heteroatoms. The van der Waals surface area contributed by atoms with Crippen LogP contribution in [0.2, 0.25) is 0 Å². The van der Waals surface area contributed by atoms with Crippen LogP contribution in [0.1, 0.15) is 44.3 Å². The Kier molecular flexibility index (Phi) is 4.30. The number of amides is 1. The van der Waals surface area contributed by atoms with E-state index in [0.29, 0.717) is 25.2 Å². The van der Waals surface area contributed by atoms with E-state index in [-0.39, 0.29) is 11.4 Å². The van der Waals surface area contributed by atoms with Crippen LogP contribution in [-0.2, 0) is 11.2 Å². The van der Waals surface area contributed by atoms with Crippen LogP contribution in [0.25, 0.3) is 0 Å². The second kappa shape index (κ2) is 5.95. The fraction of sp³-hybridized carbons (Fsp3) is 0.750. The molecule has 0 aromatic carbocycles. The fourth-order valence-electron chi connectivity index (χ4n) is 2.43. The van der Waals surface area contributed by atoms with Gasteiger partial charge >= 0.3 is 0 Å². The van der Waals surface area contributed by atoms with E-state index < -0.39 is 0 Å². The van der Waals surface area contributed by atoms with Gasteiger partial charge in [0.2, 0.25) is 12.3 Å². The molecule has 1 heterocycles. The lowest BCUT2D eigenvalue weighted by Crippen LogP contribution is -2.46.